The number of benzene rings is 1. The number of nitrogens with zero attached hydrogens (tertiary/aromatic N) is 3. The highest BCUT2D eigenvalue weighted by Crippen LogP contribution is 2.23. The zero-order chi connectivity index (χ0) is 22.2. The molecule has 2 aromatic heterocycles. The van der Waals surface area contributed by atoms with Crippen LogP contribution in [0.3, 0.4) is 0 Å². The molecule has 0 bridgehead atoms. The van der Waals surface area contributed by atoms with Crippen LogP contribution in [-0.4, -0.2) is 47.0 Å². The number of carbonyl (C=O) groups excluding carboxylic acids is 1. The van der Waals surface area contributed by atoms with Crippen LogP contribution in [0.5, 0.6) is 5.88 Å². The zero-order valence-corrected chi connectivity index (χ0v) is 18.7. The lowest BCUT2D eigenvalue weighted by Crippen LogP contribution is -2.25. The predicted molar refractivity (Wildman–Crippen MR) is 131 cm³/mol. The van der Waals surface area contributed by atoms with Crippen LogP contribution in [0.2, 0.25) is 5.02 Å². The molecule has 7 nitrogen and oxygen atoms in total. The van der Waals surface area contributed by atoms with Gasteiger partial charge in [0.1, 0.15) is 10.8 Å². The number of halogens is 1. The largest absolute Gasteiger partial charge is 0.477 e. The van der Waals surface area contributed by atoms with Crippen LogP contribution in [0.25, 0.3) is 10.8 Å². The third kappa shape index (κ3) is 6.55. The smallest absolute Gasteiger partial charge is 0.253 e. The van der Waals surface area contributed by atoms with Crippen molar-refractivity contribution in [1.82, 2.24) is 20.2 Å². The normalized spacial score (nSPS) is 10.8. The van der Waals surface area contributed by atoms with E-state index in [0.717, 1.165) is 42.4 Å². The number of aromatic nitrogens is 2. The summed E-state index contributed by atoms with van der Waals surface area (Å²) in [6.07, 6.45) is 4.03. The van der Waals surface area contributed by atoms with Crippen LogP contribution in [-0.2, 0) is 6.54 Å². The highest BCUT2D eigenvalue weighted by Gasteiger charge is 2.11. The number of nitrogen functional groups attached to an aromatic ring is 1. The number of hydrogen-bond donors (Lipinski definition) is 2. The first-order valence-electron chi connectivity index (χ1n) is 10.4. The molecule has 32 heavy (non-hydrogen) atoms. The monoisotopic (exact) mass is 457 g/mol. The lowest BCUT2D eigenvalue weighted by atomic mass is 10.1. The maximum absolute atomic E-state index is 12.5. The van der Waals surface area contributed by atoms with E-state index in [4.69, 9.17) is 22.1 Å². The summed E-state index contributed by atoms with van der Waals surface area (Å²) < 4.78 is 5.67. The third-order valence-electron chi connectivity index (χ3n) is 5.13. The Balaban J connectivity index is 0.00000363. The third-order valence-corrected chi connectivity index (χ3v) is 5.40. The van der Waals surface area contributed by atoms with Gasteiger partial charge in [-0.25, -0.2) is 9.97 Å². The van der Waals surface area contributed by atoms with E-state index in [9.17, 15) is 4.79 Å². The molecule has 0 unspecified atom stereocenters. The van der Waals surface area contributed by atoms with Gasteiger partial charge < -0.3 is 20.7 Å². The number of anilines is 1. The van der Waals surface area contributed by atoms with Gasteiger partial charge >= 0.3 is 0 Å². The van der Waals surface area contributed by atoms with Gasteiger partial charge in [-0.3, -0.25) is 4.79 Å². The van der Waals surface area contributed by atoms with Gasteiger partial charge in [0.15, 0.2) is 0 Å². The van der Waals surface area contributed by atoms with Crippen LogP contribution in [0.4, 0.5) is 5.82 Å². The SMILES string of the molecule is C.CCN(CC)CCCOc1ncc(C(=O)NCc2ccc3c(N)nccc3c2)cc1Cl. The average molecular weight is 458 g/mol. The number of ether oxygens (including phenoxy) is 1. The molecule has 2 heterocycles. The Hall–Kier alpha value is -2.90. The van der Waals surface area contributed by atoms with Gasteiger partial charge in [0, 0.05) is 30.9 Å². The van der Waals surface area contributed by atoms with Crippen molar-refractivity contribution in [2.75, 3.05) is 32.0 Å². The first kappa shape index (κ1) is 25.4. The Morgan fingerprint density at radius 1 is 1.19 bits per heavy atom. The minimum absolute atomic E-state index is 0. The van der Waals surface area contributed by atoms with Crippen molar-refractivity contribution in [3.63, 3.8) is 0 Å². The van der Waals surface area contributed by atoms with E-state index in [1.807, 2.05) is 24.3 Å². The molecule has 0 radical (unpaired) electrons. The highest BCUT2D eigenvalue weighted by atomic mass is 35.5. The molecule has 172 valence electrons. The van der Waals surface area contributed by atoms with Crippen molar-refractivity contribution in [3.8, 4) is 5.88 Å². The molecule has 1 amide bonds. The van der Waals surface area contributed by atoms with Crippen LogP contribution < -0.4 is 15.8 Å². The summed E-state index contributed by atoms with van der Waals surface area (Å²) in [5.41, 5.74) is 7.22. The van der Waals surface area contributed by atoms with Crippen LogP contribution in [0, 0.1) is 0 Å². The minimum atomic E-state index is -0.253. The van der Waals surface area contributed by atoms with Gasteiger partial charge in [-0.1, -0.05) is 45.0 Å². The van der Waals surface area contributed by atoms with Crippen molar-refractivity contribution in [2.45, 2.75) is 34.2 Å². The zero-order valence-electron chi connectivity index (χ0n) is 17.9. The summed E-state index contributed by atoms with van der Waals surface area (Å²) in [5.74, 6) is 0.583. The topological polar surface area (TPSA) is 93.4 Å². The fourth-order valence-electron chi connectivity index (χ4n) is 3.30. The fourth-order valence-corrected chi connectivity index (χ4v) is 3.52. The summed E-state index contributed by atoms with van der Waals surface area (Å²) in [7, 11) is 0. The van der Waals surface area contributed by atoms with Crippen LogP contribution in [0.1, 0.15) is 43.6 Å². The van der Waals surface area contributed by atoms with Gasteiger partial charge in [0.05, 0.1) is 12.2 Å². The lowest BCUT2D eigenvalue weighted by Gasteiger charge is -2.17. The average Bonchev–Trinajstić information content (AvgIpc) is 2.78. The van der Waals surface area contributed by atoms with Gasteiger partial charge in [0.2, 0.25) is 5.88 Å². The molecule has 0 aliphatic carbocycles. The second kappa shape index (κ2) is 12.2. The van der Waals surface area contributed by atoms with Gasteiger partial charge in [-0.05, 0) is 48.7 Å². The predicted octanol–water partition coefficient (Wildman–Crippen LogP) is 4.54. The molecule has 3 N–H and O–H groups in total. The van der Waals surface area contributed by atoms with E-state index in [1.165, 1.54) is 6.20 Å². The molecule has 0 aliphatic heterocycles. The van der Waals surface area contributed by atoms with Crippen LogP contribution >= 0.6 is 11.6 Å². The number of nitrogens with two attached hydrogens (primary N) is 1. The molecule has 0 saturated heterocycles. The van der Waals surface area contributed by atoms with Crippen molar-refractivity contribution >= 4 is 34.1 Å². The highest BCUT2D eigenvalue weighted by molar-refractivity contribution is 6.32. The van der Waals surface area contributed by atoms with Gasteiger partial charge in [0.25, 0.3) is 5.91 Å². The molecular weight excluding hydrogens is 426 g/mol. The Labute approximate surface area is 194 Å². The molecule has 3 rings (SSSR count). The second-order valence-corrected chi connectivity index (χ2v) is 7.58. The fraction of sp³-hybridized carbons (Fsp3) is 0.375. The second-order valence-electron chi connectivity index (χ2n) is 7.17. The maximum Gasteiger partial charge on any atom is 0.253 e. The number of fused-ring (bicyclic) bond motifs is 1. The first-order chi connectivity index (χ1) is 15.0. The molecule has 0 fully saturated rings. The Morgan fingerprint density at radius 2 is 1.97 bits per heavy atom. The van der Waals surface area contributed by atoms with Gasteiger partial charge in [-0.15, -0.1) is 0 Å². The van der Waals surface area contributed by atoms with Crippen molar-refractivity contribution < 1.29 is 9.53 Å². The van der Waals surface area contributed by atoms with Crippen molar-refractivity contribution in [1.29, 1.82) is 0 Å². The number of carbonyl (C=O) groups is 1. The summed E-state index contributed by atoms with van der Waals surface area (Å²) in [6, 6.07) is 9.27. The molecule has 0 spiro atoms. The number of amides is 1. The molecule has 8 heteroatoms. The molecule has 0 saturated carbocycles. The summed E-state index contributed by atoms with van der Waals surface area (Å²) in [4.78, 5) is 23.1. The molecular formula is C24H32ClN5O2. The van der Waals surface area contributed by atoms with E-state index in [2.05, 4.69) is 34.0 Å². The number of hydrogen-bond acceptors (Lipinski definition) is 6. The number of rotatable bonds is 10. The van der Waals surface area contributed by atoms with Crippen molar-refractivity contribution in [2.24, 2.45) is 0 Å². The summed E-state index contributed by atoms with van der Waals surface area (Å²) >= 11 is 6.27. The van der Waals surface area contributed by atoms with E-state index < -0.39 is 0 Å². The van der Waals surface area contributed by atoms with Gasteiger partial charge in [-0.2, -0.15) is 0 Å². The molecule has 1 aromatic carbocycles. The maximum atomic E-state index is 12.5. The molecule has 3 aromatic rings. The van der Waals surface area contributed by atoms with E-state index >= 15 is 0 Å². The Morgan fingerprint density at radius 3 is 2.69 bits per heavy atom. The lowest BCUT2D eigenvalue weighted by molar-refractivity contribution is 0.0950. The minimum Gasteiger partial charge on any atom is -0.477 e. The molecule has 0 atom stereocenters. The first-order valence-corrected chi connectivity index (χ1v) is 10.8. The number of pyridine rings is 2. The quantitative estimate of drug-likeness (QED) is 0.434. The Bertz CT molecular complexity index is 1040. The number of nitrogens with one attached hydrogen (secondary N) is 1. The van der Waals surface area contributed by atoms with E-state index in [0.29, 0.717) is 35.4 Å². The van der Waals surface area contributed by atoms with Crippen LogP contribution in [0.15, 0.2) is 42.7 Å². The molecule has 0 aliphatic rings. The standard InChI is InChI=1S/C23H28ClN5O2.CH4/c1-3-29(4-2)10-5-11-31-23-20(24)13-18(15-28-23)22(30)27-14-16-6-7-19-17(12-16)8-9-26-21(19)25;/h6-9,12-13,15H,3-5,10-11,14H2,1-2H3,(H2,25,26)(H,27,30);1H4. The Kier molecular flexibility index (Phi) is 9.68. The van der Waals surface area contributed by atoms with E-state index in [1.54, 1.807) is 12.3 Å². The van der Waals surface area contributed by atoms with E-state index in [-0.39, 0.29) is 13.3 Å². The van der Waals surface area contributed by atoms with Crippen molar-refractivity contribution in [3.05, 3.63) is 58.9 Å². The summed E-state index contributed by atoms with van der Waals surface area (Å²) in [6.45, 7) is 8.17. The summed E-state index contributed by atoms with van der Waals surface area (Å²) in [5, 5.41) is 5.08.